The number of carbonyl (C=O) groups excluding carboxylic acids is 1. The minimum absolute atomic E-state index is 0.0150. The van der Waals surface area contributed by atoms with Crippen LogP contribution in [0.4, 0.5) is 11.4 Å². The number of aromatic amines is 1. The van der Waals surface area contributed by atoms with E-state index in [1.807, 2.05) is 44.3 Å². The molecule has 0 aliphatic heterocycles. The topological polar surface area (TPSA) is 99.2 Å². The van der Waals surface area contributed by atoms with Crippen molar-refractivity contribution >= 4 is 33.9 Å². The summed E-state index contributed by atoms with van der Waals surface area (Å²) in [5, 5.41) is 14.5. The number of nitrogens with one attached hydrogen (secondary N) is 2. The first-order valence-corrected chi connectivity index (χ1v) is 10.5. The zero-order valence-electron chi connectivity index (χ0n) is 19.2. The molecule has 170 valence electrons. The van der Waals surface area contributed by atoms with Gasteiger partial charge >= 0.3 is 0 Å². The Bertz CT molecular complexity index is 1120. The summed E-state index contributed by atoms with van der Waals surface area (Å²) >= 11 is 0. The highest BCUT2D eigenvalue weighted by molar-refractivity contribution is 6.14. The van der Waals surface area contributed by atoms with Crippen LogP contribution in [0.25, 0.3) is 10.9 Å². The fourth-order valence-electron chi connectivity index (χ4n) is 3.67. The number of hydrogen-bond donors (Lipinski definition) is 3. The summed E-state index contributed by atoms with van der Waals surface area (Å²) in [6.45, 7) is 4.83. The number of hydrogen-bond acceptors (Lipinski definition) is 6. The zero-order valence-corrected chi connectivity index (χ0v) is 19.2. The maximum Gasteiger partial charge on any atom is 0.223 e. The lowest BCUT2D eigenvalue weighted by atomic mass is 10.1. The maximum atomic E-state index is 12.0. The van der Waals surface area contributed by atoms with Gasteiger partial charge < -0.3 is 29.8 Å². The molecule has 8 heteroatoms. The van der Waals surface area contributed by atoms with E-state index in [0.29, 0.717) is 36.6 Å². The monoisotopic (exact) mass is 438 g/mol. The molecule has 1 heterocycles. The van der Waals surface area contributed by atoms with E-state index in [4.69, 9.17) is 14.5 Å². The van der Waals surface area contributed by atoms with Crippen molar-refractivity contribution in [3.8, 4) is 17.4 Å². The van der Waals surface area contributed by atoms with Crippen molar-refractivity contribution in [3.63, 3.8) is 0 Å². The molecule has 0 aliphatic carbocycles. The maximum absolute atomic E-state index is 12.0. The fraction of sp³-hybridized carbons (Fsp3) is 0.333. The van der Waals surface area contributed by atoms with Crippen molar-refractivity contribution in [3.05, 3.63) is 42.0 Å². The molecule has 2 aromatic carbocycles. The summed E-state index contributed by atoms with van der Waals surface area (Å²) in [5.41, 5.74) is 3.64. The van der Waals surface area contributed by atoms with Gasteiger partial charge in [0, 0.05) is 37.2 Å². The lowest BCUT2D eigenvalue weighted by Gasteiger charge is -2.21. The van der Waals surface area contributed by atoms with Crippen LogP contribution < -0.4 is 19.7 Å². The van der Waals surface area contributed by atoms with Gasteiger partial charge in [-0.25, -0.2) is 0 Å². The second-order valence-electron chi connectivity index (χ2n) is 7.30. The highest BCUT2D eigenvalue weighted by Gasteiger charge is 2.19. The third-order valence-electron chi connectivity index (χ3n) is 5.30. The van der Waals surface area contributed by atoms with Crippen LogP contribution >= 0.6 is 0 Å². The minimum Gasteiger partial charge on any atom is -0.494 e. The number of methoxy groups -OCH3 is 2. The van der Waals surface area contributed by atoms with E-state index in [2.05, 4.69) is 10.3 Å². The molecule has 0 bridgehead atoms. The molecule has 32 heavy (non-hydrogen) atoms. The van der Waals surface area contributed by atoms with Crippen LogP contribution in [0.3, 0.4) is 0 Å². The van der Waals surface area contributed by atoms with Crippen molar-refractivity contribution < 1.29 is 19.4 Å². The molecule has 0 atom stereocenters. The average molecular weight is 439 g/mol. The quantitative estimate of drug-likeness (QED) is 0.439. The first-order valence-electron chi connectivity index (χ1n) is 10.5. The number of ether oxygens (including phenoxy) is 2. The lowest BCUT2D eigenvalue weighted by Crippen LogP contribution is -2.34. The number of fused-ring (bicyclic) bond motifs is 1. The van der Waals surface area contributed by atoms with Crippen molar-refractivity contribution in [1.82, 2.24) is 10.3 Å². The Labute approximate surface area is 187 Å². The van der Waals surface area contributed by atoms with Gasteiger partial charge in [0.25, 0.3) is 0 Å². The van der Waals surface area contributed by atoms with Crippen molar-refractivity contribution in [2.75, 3.05) is 39.3 Å². The molecule has 1 amide bonds. The van der Waals surface area contributed by atoms with E-state index in [-0.39, 0.29) is 11.8 Å². The third-order valence-corrected chi connectivity index (χ3v) is 5.30. The van der Waals surface area contributed by atoms with Gasteiger partial charge in [-0.15, -0.1) is 0 Å². The number of aromatic nitrogens is 1. The molecule has 0 spiro atoms. The van der Waals surface area contributed by atoms with Gasteiger partial charge in [-0.2, -0.15) is 0 Å². The van der Waals surface area contributed by atoms with Gasteiger partial charge in [0.05, 0.1) is 36.7 Å². The second kappa shape index (κ2) is 10.2. The van der Waals surface area contributed by atoms with Gasteiger partial charge in [0.1, 0.15) is 0 Å². The molecule has 0 saturated carbocycles. The molecule has 0 fully saturated rings. The highest BCUT2D eigenvalue weighted by atomic mass is 16.5. The number of aromatic hydroxyl groups is 1. The molecular formula is C24H30N4O4. The summed E-state index contributed by atoms with van der Waals surface area (Å²) in [4.78, 5) is 21.5. The molecule has 0 saturated heterocycles. The van der Waals surface area contributed by atoms with Gasteiger partial charge in [0.15, 0.2) is 17.4 Å². The molecule has 1 aromatic heterocycles. The Hall–Kier alpha value is -3.52. The largest absolute Gasteiger partial charge is 0.494 e. The fourth-order valence-corrected chi connectivity index (χ4v) is 3.67. The van der Waals surface area contributed by atoms with Crippen molar-refractivity contribution in [2.24, 2.45) is 4.99 Å². The summed E-state index contributed by atoms with van der Waals surface area (Å²) in [6, 6.07) is 11.1. The Kier molecular flexibility index (Phi) is 7.37. The van der Waals surface area contributed by atoms with Gasteiger partial charge in [0.2, 0.25) is 5.91 Å². The molecule has 3 N–H and O–H groups in total. The average Bonchev–Trinajstić information content (AvgIpc) is 3.11. The molecule has 3 rings (SSSR count). The molecule has 0 unspecified atom stereocenters. The van der Waals surface area contributed by atoms with E-state index >= 15 is 0 Å². The first-order chi connectivity index (χ1) is 15.4. The van der Waals surface area contributed by atoms with Crippen LogP contribution in [0.2, 0.25) is 0 Å². The minimum atomic E-state index is -0.0150. The van der Waals surface area contributed by atoms with Gasteiger partial charge in [-0.1, -0.05) is 6.92 Å². The Morgan fingerprint density at radius 1 is 1.16 bits per heavy atom. The van der Waals surface area contributed by atoms with E-state index in [0.717, 1.165) is 28.0 Å². The SMILES string of the molecule is CCC(=Nc1ccc(N(CCNC)C(C)=O)cc1)c1c(O)[nH]c2cc(OC)c(OC)cc12. The smallest absolute Gasteiger partial charge is 0.223 e. The lowest BCUT2D eigenvalue weighted by molar-refractivity contribution is -0.116. The highest BCUT2D eigenvalue weighted by Crippen LogP contribution is 2.37. The van der Waals surface area contributed by atoms with Crippen LogP contribution in [0.15, 0.2) is 41.4 Å². The summed E-state index contributed by atoms with van der Waals surface area (Å²) in [7, 11) is 5.00. The number of amides is 1. The van der Waals surface area contributed by atoms with E-state index in [9.17, 15) is 9.90 Å². The van der Waals surface area contributed by atoms with Crippen molar-refractivity contribution in [1.29, 1.82) is 0 Å². The molecule has 3 aromatic rings. The van der Waals surface area contributed by atoms with E-state index in [1.54, 1.807) is 32.1 Å². The molecular weight excluding hydrogens is 408 g/mol. The number of likely N-dealkylation sites (N-methyl/N-ethyl adjacent to an activating group) is 1. The Morgan fingerprint density at radius 3 is 2.38 bits per heavy atom. The number of benzene rings is 2. The molecule has 0 aliphatic rings. The van der Waals surface area contributed by atoms with Crippen LogP contribution in [0.5, 0.6) is 17.4 Å². The number of H-pyrrole nitrogens is 1. The number of aliphatic imine (C=N–C) groups is 1. The predicted octanol–water partition coefficient (Wildman–Crippen LogP) is 3.99. The Balaban J connectivity index is 2.00. The first kappa shape index (κ1) is 23.1. The van der Waals surface area contributed by atoms with Gasteiger partial charge in [-0.3, -0.25) is 9.79 Å². The normalized spacial score (nSPS) is 11.6. The van der Waals surface area contributed by atoms with E-state index < -0.39 is 0 Å². The zero-order chi connectivity index (χ0) is 23.3. The molecule has 8 nitrogen and oxygen atoms in total. The van der Waals surface area contributed by atoms with Gasteiger partial charge in [-0.05, 0) is 43.8 Å². The number of anilines is 1. The number of nitrogens with zero attached hydrogens (tertiary/aromatic N) is 2. The van der Waals surface area contributed by atoms with Crippen LogP contribution in [-0.2, 0) is 4.79 Å². The molecule has 0 radical (unpaired) electrons. The van der Waals surface area contributed by atoms with Crippen LogP contribution in [-0.4, -0.2) is 56.1 Å². The summed E-state index contributed by atoms with van der Waals surface area (Å²) < 4.78 is 10.8. The Morgan fingerprint density at radius 2 is 1.81 bits per heavy atom. The van der Waals surface area contributed by atoms with Crippen molar-refractivity contribution in [2.45, 2.75) is 20.3 Å². The summed E-state index contributed by atoms with van der Waals surface area (Å²) in [5.74, 6) is 1.18. The second-order valence-corrected chi connectivity index (χ2v) is 7.30. The van der Waals surface area contributed by atoms with E-state index in [1.165, 1.54) is 0 Å². The standard InChI is InChI=1S/C24H30N4O4/c1-6-19(23-18-13-21(31-4)22(32-5)14-20(18)27-24(23)30)26-16-7-9-17(10-8-16)28(15(2)29)12-11-25-3/h7-10,13-14,25,27,30H,6,11-12H2,1-5H3. The summed E-state index contributed by atoms with van der Waals surface area (Å²) in [6.07, 6.45) is 0.609. The number of rotatable bonds is 9. The number of carbonyl (C=O) groups is 1. The van der Waals surface area contributed by atoms with Crippen LogP contribution in [0, 0.1) is 0 Å². The van der Waals surface area contributed by atoms with Crippen LogP contribution in [0.1, 0.15) is 25.8 Å². The third kappa shape index (κ3) is 4.70. The predicted molar refractivity (Wildman–Crippen MR) is 128 cm³/mol.